The first-order valence-electron chi connectivity index (χ1n) is 7.30. The number of alkyl halides is 1. The molecular formula is C16H20ClFN2. The zero-order valence-corrected chi connectivity index (χ0v) is 12.8. The number of benzene rings is 1. The van der Waals surface area contributed by atoms with Crippen molar-refractivity contribution >= 4 is 22.6 Å². The maximum atomic E-state index is 13.7. The molecule has 0 bridgehead atoms. The summed E-state index contributed by atoms with van der Waals surface area (Å²) in [5, 5.41) is 0. The van der Waals surface area contributed by atoms with Crippen LogP contribution in [0.5, 0.6) is 0 Å². The van der Waals surface area contributed by atoms with Gasteiger partial charge in [0.1, 0.15) is 11.6 Å². The molecule has 1 aromatic carbocycles. The predicted octanol–water partition coefficient (Wildman–Crippen LogP) is 4.80. The van der Waals surface area contributed by atoms with Crippen molar-refractivity contribution in [2.45, 2.75) is 52.0 Å². The summed E-state index contributed by atoms with van der Waals surface area (Å²) in [6.07, 6.45) is 5.01. The third-order valence-electron chi connectivity index (χ3n) is 4.46. The molecule has 0 aliphatic heterocycles. The zero-order chi connectivity index (χ0) is 14.3. The lowest BCUT2D eigenvalue weighted by Crippen LogP contribution is -2.13. The molecule has 0 radical (unpaired) electrons. The minimum absolute atomic E-state index is 0.196. The van der Waals surface area contributed by atoms with Gasteiger partial charge in [-0.15, -0.1) is 11.6 Å². The first kappa shape index (κ1) is 13.9. The van der Waals surface area contributed by atoms with Crippen LogP contribution in [0.4, 0.5) is 4.39 Å². The van der Waals surface area contributed by atoms with E-state index in [2.05, 4.69) is 16.5 Å². The molecule has 0 unspecified atom stereocenters. The van der Waals surface area contributed by atoms with E-state index in [1.807, 2.05) is 6.07 Å². The number of halogens is 2. The first-order chi connectivity index (χ1) is 9.58. The number of hydrogen-bond donors (Lipinski definition) is 0. The molecule has 1 aliphatic rings. The Morgan fingerprint density at radius 2 is 2.15 bits per heavy atom. The second-order valence-corrected chi connectivity index (χ2v) is 6.36. The highest BCUT2D eigenvalue weighted by Gasteiger charge is 2.42. The smallest absolute Gasteiger partial charge is 0.128 e. The Bertz CT molecular complexity index is 643. The van der Waals surface area contributed by atoms with Crippen LogP contribution in [0.1, 0.15) is 44.0 Å². The highest BCUT2D eigenvalue weighted by molar-refractivity contribution is 6.16. The third kappa shape index (κ3) is 2.32. The average molecular weight is 295 g/mol. The van der Waals surface area contributed by atoms with Gasteiger partial charge in [0.15, 0.2) is 0 Å². The molecule has 1 saturated carbocycles. The van der Waals surface area contributed by atoms with Gasteiger partial charge in [0.05, 0.1) is 16.9 Å². The highest BCUT2D eigenvalue weighted by Crippen LogP contribution is 2.51. The van der Waals surface area contributed by atoms with Crippen molar-refractivity contribution < 1.29 is 4.39 Å². The molecule has 4 heteroatoms. The molecule has 3 rings (SSSR count). The van der Waals surface area contributed by atoms with Crippen molar-refractivity contribution in [3.05, 3.63) is 29.3 Å². The average Bonchev–Trinajstić information content (AvgIpc) is 3.10. The van der Waals surface area contributed by atoms with Gasteiger partial charge in [0.2, 0.25) is 0 Å². The molecule has 2 nitrogen and oxygen atoms in total. The Morgan fingerprint density at radius 3 is 2.75 bits per heavy atom. The van der Waals surface area contributed by atoms with Crippen molar-refractivity contribution in [3.63, 3.8) is 0 Å². The largest absolute Gasteiger partial charge is 0.326 e. The fourth-order valence-corrected chi connectivity index (χ4v) is 3.31. The molecule has 0 saturated heterocycles. The molecule has 1 aromatic heterocycles. The maximum absolute atomic E-state index is 13.7. The van der Waals surface area contributed by atoms with Crippen molar-refractivity contribution in [1.29, 1.82) is 0 Å². The van der Waals surface area contributed by atoms with E-state index in [0.29, 0.717) is 16.9 Å². The van der Waals surface area contributed by atoms with Crippen molar-refractivity contribution in [2.75, 3.05) is 0 Å². The lowest BCUT2D eigenvalue weighted by molar-refractivity contribution is 0.389. The van der Waals surface area contributed by atoms with Gasteiger partial charge in [0, 0.05) is 12.6 Å². The van der Waals surface area contributed by atoms with Gasteiger partial charge < -0.3 is 4.57 Å². The van der Waals surface area contributed by atoms with Crippen LogP contribution < -0.4 is 0 Å². The Hall–Kier alpha value is -1.09. The second kappa shape index (κ2) is 5.03. The monoisotopic (exact) mass is 294 g/mol. The van der Waals surface area contributed by atoms with E-state index in [-0.39, 0.29) is 5.82 Å². The minimum atomic E-state index is -0.196. The zero-order valence-electron chi connectivity index (χ0n) is 12.0. The van der Waals surface area contributed by atoms with Gasteiger partial charge in [-0.2, -0.15) is 0 Å². The van der Waals surface area contributed by atoms with Crippen LogP contribution in [0.15, 0.2) is 12.1 Å². The molecule has 20 heavy (non-hydrogen) atoms. The quantitative estimate of drug-likeness (QED) is 0.724. The van der Waals surface area contributed by atoms with E-state index in [9.17, 15) is 4.39 Å². The summed E-state index contributed by atoms with van der Waals surface area (Å²) in [6.45, 7) is 4.99. The van der Waals surface area contributed by atoms with Crippen LogP contribution in [-0.2, 0) is 12.4 Å². The lowest BCUT2D eigenvalue weighted by Gasteiger charge is -2.17. The van der Waals surface area contributed by atoms with Gasteiger partial charge in [-0.1, -0.05) is 13.3 Å². The topological polar surface area (TPSA) is 17.8 Å². The van der Waals surface area contributed by atoms with Gasteiger partial charge in [-0.25, -0.2) is 9.37 Å². The fourth-order valence-electron chi connectivity index (χ4n) is 3.11. The Labute approximate surface area is 123 Å². The SMILES string of the molecule is CCCC1(Cn2c(CCl)nc3cc(F)c(C)cc32)CC1. The number of nitrogens with zero attached hydrogens (tertiary/aromatic N) is 2. The lowest BCUT2D eigenvalue weighted by atomic mass is 10.0. The van der Waals surface area contributed by atoms with Gasteiger partial charge in [-0.3, -0.25) is 0 Å². The molecule has 0 amide bonds. The van der Waals surface area contributed by atoms with Crippen LogP contribution in [0, 0.1) is 18.2 Å². The summed E-state index contributed by atoms with van der Waals surface area (Å²) in [4.78, 5) is 4.50. The van der Waals surface area contributed by atoms with Crippen molar-refractivity contribution in [1.82, 2.24) is 9.55 Å². The summed E-state index contributed by atoms with van der Waals surface area (Å²) in [5.41, 5.74) is 2.82. The van der Waals surface area contributed by atoms with Crippen LogP contribution in [0.2, 0.25) is 0 Å². The Balaban J connectivity index is 2.06. The molecule has 2 aromatic rings. The van der Waals surface area contributed by atoms with Crippen LogP contribution >= 0.6 is 11.6 Å². The van der Waals surface area contributed by atoms with Gasteiger partial charge >= 0.3 is 0 Å². The van der Waals surface area contributed by atoms with Crippen molar-refractivity contribution in [2.24, 2.45) is 5.41 Å². The summed E-state index contributed by atoms with van der Waals surface area (Å²) in [5.74, 6) is 1.03. The minimum Gasteiger partial charge on any atom is -0.326 e. The number of hydrogen-bond acceptors (Lipinski definition) is 1. The molecule has 1 aliphatic carbocycles. The van der Waals surface area contributed by atoms with E-state index in [4.69, 9.17) is 11.6 Å². The van der Waals surface area contributed by atoms with Gasteiger partial charge in [-0.05, 0) is 43.2 Å². The molecule has 1 heterocycles. The molecule has 108 valence electrons. The maximum Gasteiger partial charge on any atom is 0.128 e. The third-order valence-corrected chi connectivity index (χ3v) is 4.70. The molecule has 0 atom stereocenters. The number of fused-ring (bicyclic) bond motifs is 1. The highest BCUT2D eigenvalue weighted by atomic mass is 35.5. The number of aryl methyl sites for hydroxylation is 1. The predicted molar refractivity (Wildman–Crippen MR) is 80.6 cm³/mol. The summed E-state index contributed by atoms with van der Waals surface area (Å²) in [6, 6.07) is 3.42. The van der Waals surface area contributed by atoms with E-state index >= 15 is 0 Å². The van der Waals surface area contributed by atoms with Crippen LogP contribution in [0.3, 0.4) is 0 Å². The Kier molecular flexibility index (Phi) is 3.49. The number of aromatic nitrogens is 2. The summed E-state index contributed by atoms with van der Waals surface area (Å²) in [7, 11) is 0. The standard InChI is InChI=1S/C16H20ClFN2/c1-3-4-16(5-6-16)10-20-14-7-11(2)12(18)8-13(14)19-15(20)9-17/h7-8H,3-6,9-10H2,1-2H3. The second-order valence-electron chi connectivity index (χ2n) is 6.09. The first-order valence-corrected chi connectivity index (χ1v) is 7.83. The molecule has 0 N–H and O–H groups in total. The fraction of sp³-hybridized carbons (Fsp3) is 0.562. The van der Waals surface area contributed by atoms with E-state index in [1.165, 1.54) is 31.7 Å². The van der Waals surface area contributed by atoms with E-state index < -0.39 is 0 Å². The normalized spacial score (nSPS) is 16.8. The molecular weight excluding hydrogens is 275 g/mol. The summed E-state index contributed by atoms with van der Waals surface area (Å²) >= 11 is 6.03. The molecule has 0 spiro atoms. The number of rotatable bonds is 5. The van der Waals surface area contributed by atoms with Crippen molar-refractivity contribution in [3.8, 4) is 0 Å². The molecule has 1 fully saturated rings. The van der Waals surface area contributed by atoms with Crippen LogP contribution in [0.25, 0.3) is 11.0 Å². The Morgan fingerprint density at radius 1 is 1.40 bits per heavy atom. The number of imidazole rings is 1. The van der Waals surface area contributed by atoms with E-state index in [0.717, 1.165) is 23.4 Å². The van der Waals surface area contributed by atoms with E-state index in [1.54, 1.807) is 6.92 Å². The van der Waals surface area contributed by atoms with Crippen LogP contribution in [-0.4, -0.2) is 9.55 Å². The van der Waals surface area contributed by atoms with Gasteiger partial charge in [0.25, 0.3) is 0 Å². The summed E-state index contributed by atoms with van der Waals surface area (Å²) < 4.78 is 15.9.